The molecule has 2 atom stereocenters. The molecule has 2 aromatic rings. The van der Waals surface area contributed by atoms with Gasteiger partial charge < -0.3 is 25.2 Å². The van der Waals surface area contributed by atoms with Gasteiger partial charge in [0.15, 0.2) is 0 Å². The van der Waals surface area contributed by atoms with E-state index in [2.05, 4.69) is 34.6 Å². The van der Waals surface area contributed by atoms with E-state index in [0.29, 0.717) is 18.7 Å². The number of terminal acetylenes is 1. The van der Waals surface area contributed by atoms with Gasteiger partial charge in [-0.2, -0.15) is 0 Å². The molecule has 4 rings (SSSR count). The molecule has 2 aliphatic rings. The Balaban J connectivity index is 1.51. The number of nitrogens with zero attached hydrogens (tertiary/aromatic N) is 2. The Morgan fingerprint density at radius 1 is 1.12 bits per heavy atom. The lowest BCUT2D eigenvalue weighted by Gasteiger charge is -2.33. The minimum absolute atomic E-state index is 0.227. The molecule has 3 amide bonds. The number of fused-ring (bicyclic) bond motifs is 1. The van der Waals surface area contributed by atoms with Crippen LogP contribution in [0.25, 0.3) is 0 Å². The Morgan fingerprint density at radius 2 is 1.85 bits per heavy atom. The molecule has 0 radical (unpaired) electrons. The van der Waals surface area contributed by atoms with Gasteiger partial charge in [0.1, 0.15) is 5.54 Å². The molecular weight excluding hydrogens is 416 g/mol. The number of anilines is 2. The zero-order chi connectivity index (χ0) is 23.6. The molecule has 7 heteroatoms. The molecule has 2 N–H and O–H groups in total. The fourth-order valence-corrected chi connectivity index (χ4v) is 4.58. The maximum Gasteiger partial charge on any atom is 0.322 e. The summed E-state index contributed by atoms with van der Waals surface area (Å²) in [4.78, 5) is 30.4. The van der Waals surface area contributed by atoms with Gasteiger partial charge in [-0.3, -0.25) is 4.79 Å². The first-order valence-electron chi connectivity index (χ1n) is 11.1. The van der Waals surface area contributed by atoms with Crippen molar-refractivity contribution < 1.29 is 14.3 Å². The number of methoxy groups -OCH3 is 1. The summed E-state index contributed by atoms with van der Waals surface area (Å²) in [5, 5.41) is 5.92. The van der Waals surface area contributed by atoms with Gasteiger partial charge >= 0.3 is 6.03 Å². The third-order valence-corrected chi connectivity index (χ3v) is 6.64. The molecule has 7 nitrogen and oxygen atoms in total. The molecule has 33 heavy (non-hydrogen) atoms. The number of hydrogen-bond donors (Lipinski definition) is 2. The standard InChI is InChI=1S/C26H30N4O3/c1-5-18-6-9-21(10-7-18)28-25(32)30-17-23(33-4)15-26(30,2)24(31)27-22-11-8-20-16-29(3)13-12-19(20)14-22/h1,6-11,14,23H,12-13,15-17H2,2-4H3,(H,27,31)(H,28,32)/t23-,26-/m1/s1. The SMILES string of the molecule is C#Cc1ccc(NC(=O)N2C[C@H](OC)C[C@]2(C)C(=O)Nc2ccc3c(c2)CCN(C)C3)cc1. The summed E-state index contributed by atoms with van der Waals surface area (Å²) in [6.07, 6.45) is 6.53. The quantitative estimate of drug-likeness (QED) is 0.707. The Kier molecular flexibility index (Phi) is 6.41. The lowest BCUT2D eigenvalue weighted by Crippen LogP contribution is -2.54. The molecule has 2 aliphatic heterocycles. The number of amides is 3. The van der Waals surface area contributed by atoms with Crippen molar-refractivity contribution in [3.8, 4) is 12.3 Å². The fourth-order valence-electron chi connectivity index (χ4n) is 4.58. The maximum atomic E-state index is 13.5. The molecule has 0 unspecified atom stereocenters. The van der Waals surface area contributed by atoms with Gasteiger partial charge in [-0.15, -0.1) is 6.42 Å². The summed E-state index contributed by atoms with van der Waals surface area (Å²) >= 11 is 0. The Hall–Kier alpha value is -3.34. The number of benzene rings is 2. The molecule has 0 aromatic heterocycles. The number of hydrogen-bond acceptors (Lipinski definition) is 4. The Bertz CT molecular complexity index is 1090. The maximum absolute atomic E-state index is 13.5. The first-order valence-corrected chi connectivity index (χ1v) is 11.1. The molecule has 1 saturated heterocycles. The number of urea groups is 1. The van der Waals surface area contributed by atoms with E-state index >= 15 is 0 Å². The highest BCUT2D eigenvalue weighted by Crippen LogP contribution is 2.33. The van der Waals surface area contributed by atoms with E-state index in [1.165, 1.54) is 11.1 Å². The van der Waals surface area contributed by atoms with Gasteiger partial charge in [0.2, 0.25) is 5.91 Å². The van der Waals surface area contributed by atoms with Crippen LogP contribution in [0.5, 0.6) is 0 Å². The van der Waals surface area contributed by atoms with Crippen molar-refractivity contribution in [2.24, 2.45) is 0 Å². The molecule has 2 aromatic carbocycles. The predicted octanol–water partition coefficient (Wildman–Crippen LogP) is 3.31. The van der Waals surface area contributed by atoms with Crippen LogP contribution in [0, 0.1) is 12.3 Å². The van der Waals surface area contributed by atoms with Crippen LogP contribution in [-0.2, 0) is 22.5 Å². The number of carbonyl (C=O) groups is 2. The van der Waals surface area contributed by atoms with Crippen molar-refractivity contribution in [1.82, 2.24) is 9.80 Å². The fraction of sp³-hybridized carbons (Fsp3) is 0.385. The average molecular weight is 447 g/mol. The molecule has 172 valence electrons. The van der Waals surface area contributed by atoms with Crippen LogP contribution in [0.2, 0.25) is 0 Å². The number of ether oxygens (including phenoxy) is 1. The van der Waals surface area contributed by atoms with E-state index in [4.69, 9.17) is 11.2 Å². The van der Waals surface area contributed by atoms with E-state index in [0.717, 1.165) is 30.8 Å². The van der Waals surface area contributed by atoms with Crippen LogP contribution in [0.4, 0.5) is 16.2 Å². The number of rotatable bonds is 4. The summed E-state index contributed by atoms with van der Waals surface area (Å²) < 4.78 is 5.52. The summed E-state index contributed by atoms with van der Waals surface area (Å²) in [5.41, 5.74) is 3.57. The Morgan fingerprint density at radius 3 is 2.55 bits per heavy atom. The normalized spacial score (nSPS) is 22.4. The minimum Gasteiger partial charge on any atom is -0.380 e. The van der Waals surface area contributed by atoms with Gasteiger partial charge in [-0.05, 0) is 67.9 Å². The van der Waals surface area contributed by atoms with Crippen LogP contribution in [0.15, 0.2) is 42.5 Å². The van der Waals surface area contributed by atoms with Gasteiger partial charge in [-0.25, -0.2) is 4.79 Å². The van der Waals surface area contributed by atoms with Gasteiger partial charge in [-0.1, -0.05) is 12.0 Å². The van der Waals surface area contributed by atoms with Crippen molar-refractivity contribution >= 4 is 23.3 Å². The van der Waals surface area contributed by atoms with Crippen LogP contribution in [-0.4, -0.2) is 60.6 Å². The average Bonchev–Trinajstić information content (AvgIpc) is 3.18. The summed E-state index contributed by atoms with van der Waals surface area (Å²) in [6.45, 7) is 4.02. The van der Waals surface area contributed by atoms with Crippen LogP contribution in [0.3, 0.4) is 0 Å². The topological polar surface area (TPSA) is 73.9 Å². The smallest absolute Gasteiger partial charge is 0.322 e. The molecule has 0 spiro atoms. The lowest BCUT2D eigenvalue weighted by molar-refractivity contribution is -0.124. The van der Waals surface area contributed by atoms with Crippen LogP contribution >= 0.6 is 0 Å². The van der Waals surface area contributed by atoms with E-state index in [1.54, 1.807) is 43.2 Å². The number of nitrogens with one attached hydrogen (secondary N) is 2. The zero-order valence-electron chi connectivity index (χ0n) is 19.4. The molecule has 0 aliphatic carbocycles. The lowest BCUT2D eigenvalue weighted by atomic mass is 9.96. The van der Waals surface area contributed by atoms with Gasteiger partial charge in [0, 0.05) is 50.1 Å². The van der Waals surface area contributed by atoms with E-state index in [1.807, 2.05) is 12.1 Å². The van der Waals surface area contributed by atoms with E-state index in [-0.39, 0.29) is 18.0 Å². The van der Waals surface area contributed by atoms with Crippen molar-refractivity contribution in [2.45, 2.75) is 38.0 Å². The number of carbonyl (C=O) groups excluding carboxylic acids is 2. The Labute approximate surface area is 195 Å². The summed E-state index contributed by atoms with van der Waals surface area (Å²) in [6, 6.07) is 12.7. The van der Waals surface area contributed by atoms with E-state index < -0.39 is 5.54 Å². The minimum atomic E-state index is -1.06. The third kappa shape index (κ3) is 4.72. The second-order valence-corrected chi connectivity index (χ2v) is 9.02. The highest BCUT2D eigenvalue weighted by atomic mass is 16.5. The van der Waals surface area contributed by atoms with Gasteiger partial charge in [0.05, 0.1) is 6.10 Å². The number of likely N-dealkylation sites (N-methyl/N-ethyl adjacent to an activating group) is 1. The van der Waals surface area contributed by atoms with Crippen molar-refractivity contribution in [2.75, 3.05) is 37.9 Å². The van der Waals surface area contributed by atoms with E-state index in [9.17, 15) is 9.59 Å². The van der Waals surface area contributed by atoms with Crippen molar-refractivity contribution in [3.05, 3.63) is 59.2 Å². The monoisotopic (exact) mass is 446 g/mol. The highest BCUT2D eigenvalue weighted by molar-refractivity contribution is 6.02. The zero-order valence-corrected chi connectivity index (χ0v) is 19.4. The van der Waals surface area contributed by atoms with Crippen molar-refractivity contribution in [1.29, 1.82) is 0 Å². The second kappa shape index (κ2) is 9.26. The summed E-state index contributed by atoms with van der Waals surface area (Å²) in [7, 11) is 3.71. The largest absolute Gasteiger partial charge is 0.380 e. The number of likely N-dealkylation sites (tertiary alicyclic amines) is 1. The van der Waals surface area contributed by atoms with Crippen LogP contribution < -0.4 is 10.6 Å². The molecule has 2 heterocycles. The highest BCUT2D eigenvalue weighted by Gasteiger charge is 2.50. The predicted molar refractivity (Wildman–Crippen MR) is 129 cm³/mol. The first kappa shape index (κ1) is 22.8. The molecule has 1 fully saturated rings. The second-order valence-electron chi connectivity index (χ2n) is 9.02. The molecular formula is C26H30N4O3. The van der Waals surface area contributed by atoms with Crippen LogP contribution in [0.1, 0.15) is 30.0 Å². The molecule has 0 saturated carbocycles. The summed E-state index contributed by atoms with van der Waals surface area (Å²) in [5.74, 6) is 2.32. The third-order valence-electron chi connectivity index (χ3n) is 6.64. The molecule has 0 bridgehead atoms. The van der Waals surface area contributed by atoms with Gasteiger partial charge in [0.25, 0.3) is 0 Å². The van der Waals surface area contributed by atoms with Crippen molar-refractivity contribution in [3.63, 3.8) is 0 Å². The first-order chi connectivity index (χ1) is 15.8.